The molecule has 0 aliphatic rings. The van der Waals surface area contributed by atoms with Crippen molar-refractivity contribution in [3.8, 4) is 5.75 Å². The number of hydrogen-bond acceptors (Lipinski definition) is 4. The molecule has 1 aromatic heterocycles. The summed E-state index contributed by atoms with van der Waals surface area (Å²) in [5.74, 6) is 0.700. The highest BCUT2D eigenvalue weighted by Crippen LogP contribution is 2.33. The van der Waals surface area contributed by atoms with E-state index >= 15 is 0 Å². The molecule has 0 aliphatic heterocycles. The minimum atomic E-state index is -0.309. The smallest absolute Gasteiger partial charge is 0.142 e. The molecule has 4 nitrogen and oxygen atoms in total. The topological polar surface area (TPSA) is 57.4 Å². The van der Waals surface area contributed by atoms with Gasteiger partial charge < -0.3 is 15.2 Å². The molecule has 0 saturated carbocycles. The summed E-state index contributed by atoms with van der Waals surface area (Å²) in [5, 5.41) is 0. The van der Waals surface area contributed by atoms with E-state index in [1.165, 1.54) is 0 Å². The minimum Gasteiger partial charge on any atom is -0.495 e. The van der Waals surface area contributed by atoms with E-state index in [0.717, 1.165) is 5.69 Å². The van der Waals surface area contributed by atoms with Gasteiger partial charge in [0.2, 0.25) is 0 Å². The van der Waals surface area contributed by atoms with Crippen molar-refractivity contribution in [1.82, 2.24) is 4.98 Å². The van der Waals surface area contributed by atoms with Crippen LogP contribution in [0.3, 0.4) is 0 Å². The maximum Gasteiger partial charge on any atom is 0.142 e. The lowest BCUT2D eigenvalue weighted by atomic mass is 9.83. The Labute approximate surface area is 103 Å². The van der Waals surface area contributed by atoms with Crippen LogP contribution >= 0.6 is 0 Å². The second-order valence-electron chi connectivity index (χ2n) is 5.14. The molecule has 1 rings (SSSR count). The molecule has 0 fully saturated rings. The molecule has 2 atom stereocenters. The van der Waals surface area contributed by atoms with Gasteiger partial charge in [0, 0.05) is 13.3 Å². The summed E-state index contributed by atoms with van der Waals surface area (Å²) < 4.78 is 10.8. The van der Waals surface area contributed by atoms with E-state index in [0.29, 0.717) is 5.75 Å². The molecule has 17 heavy (non-hydrogen) atoms. The minimum absolute atomic E-state index is 0.0588. The SMILES string of the molecule is COc1cccnc1C(N)C(OC)C(C)(C)C. The Morgan fingerprint density at radius 3 is 2.41 bits per heavy atom. The zero-order chi connectivity index (χ0) is 13.1. The summed E-state index contributed by atoms with van der Waals surface area (Å²) in [6.45, 7) is 6.28. The van der Waals surface area contributed by atoms with Gasteiger partial charge in [-0.15, -0.1) is 0 Å². The van der Waals surface area contributed by atoms with Crippen molar-refractivity contribution in [2.75, 3.05) is 14.2 Å². The lowest BCUT2D eigenvalue weighted by Crippen LogP contribution is -2.39. The van der Waals surface area contributed by atoms with E-state index in [2.05, 4.69) is 25.8 Å². The maximum atomic E-state index is 6.24. The van der Waals surface area contributed by atoms with Crippen LogP contribution in [0.4, 0.5) is 0 Å². The van der Waals surface area contributed by atoms with Gasteiger partial charge in [-0.3, -0.25) is 4.98 Å². The molecule has 96 valence electrons. The first-order valence-corrected chi connectivity index (χ1v) is 5.69. The Morgan fingerprint density at radius 1 is 1.29 bits per heavy atom. The van der Waals surface area contributed by atoms with Crippen molar-refractivity contribution in [3.05, 3.63) is 24.0 Å². The number of pyridine rings is 1. The van der Waals surface area contributed by atoms with Crippen LogP contribution in [0.1, 0.15) is 32.5 Å². The Morgan fingerprint density at radius 2 is 1.94 bits per heavy atom. The molecular formula is C13H22N2O2. The fourth-order valence-electron chi connectivity index (χ4n) is 2.01. The summed E-state index contributed by atoms with van der Waals surface area (Å²) in [5.41, 5.74) is 6.92. The Balaban J connectivity index is 3.06. The van der Waals surface area contributed by atoms with Crippen LogP contribution < -0.4 is 10.5 Å². The zero-order valence-electron chi connectivity index (χ0n) is 11.2. The number of rotatable bonds is 4. The van der Waals surface area contributed by atoms with Gasteiger partial charge in [0.1, 0.15) is 11.4 Å². The Hall–Kier alpha value is -1.13. The number of ether oxygens (including phenoxy) is 2. The largest absolute Gasteiger partial charge is 0.495 e. The van der Waals surface area contributed by atoms with Gasteiger partial charge in [0.15, 0.2) is 0 Å². The van der Waals surface area contributed by atoms with Gasteiger partial charge in [-0.25, -0.2) is 0 Å². The van der Waals surface area contributed by atoms with E-state index in [4.69, 9.17) is 15.2 Å². The summed E-state index contributed by atoms with van der Waals surface area (Å²) in [7, 11) is 3.29. The Bertz CT molecular complexity index is 361. The van der Waals surface area contributed by atoms with E-state index in [9.17, 15) is 0 Å². The number of methoxy groups -OCH3 is 2. The van der Waals surface area contributed by atoms with Crippen molar-refractivity contribution in [1.29, 1.82) is 0 Å². The molecule has 0 radical (unpaired) electrons. The van der Waals surface area contributed by atoms with Crippen LogP contribution in [0.25, 0.3) is 0 Å². The third-order valence-corrected chi connectivity index (χ3v) is 2.77. The standard InChI is InChI=1S/C13H22N2O2/c1-13(2,3)12(17-5)10(14)11-9(16-4)7-6-8-15-11/h6-8,10,12H,14H2,1-5H3. The molecule has 4 heteroatoms. The molecule has 1 aromatic rings. The first-order valence-electron chi connectivity index (χ1n) is 5.69. The van der Waals surface area contributed by atoms with Crippen molar-refractivity contribution in [2.45, 2.75) is 32.9 Å². The van der Waals surface area contributed by atoms with Gasteiger partial charge in [0.05, 0.1) is 19.3 Å². The van der Waals surface area contributed by atoms with E-state index in [1.807, 2.05) is 12.1 Å². The van der Waals surface area contributed by atoms with Crippen LogP contribution in [0.5, 0.6) is 5.75 Å². The van der Waals surface area contributed by atoms with Gasteiger partial charge in [-0.05, 0) is 17.5 Å². The molecular weight excluding hydrogens is 216 g/mol. The van der Waals surface area contributed by atoms with Crippen molar-refractivity contribution in [3.63, 3.8) is 0 Å². The predicted molar refractivity (Wildman–Crippen MR) is 68.0 cm³/mol. The molecule has 0 bridgehead atoms. The van der Waals surface area contributed by atoms with E-state index in [1.54, 1.807) is 20.4 Å². The van der Waals surface area contributed by atoms with Gasteiger partial charge >= 0.3 is 0 Å². The first-order chi connectivity index (χ1) is 7.91. The fourth-order valence-corrected chi connectivity index (χ4v) is 2.01. The summed E-state index contributed by atoms with van der Waals surface area (Å²) in [6, 6.07) is 3.38. The molecule has 2 unspecified atom stereocenters. The fraction of sp³-hybridized carbons (Fsp3) is 0.615. The van der Waals surface area contributed by atoms with E-state index in [-0.39, 0.29) is 17.6 Å². The molecule has 0 aromatic carbocycles. The van der Waals surface area contributed by atoms with Crippen LogP contribution in [-0.4, -0.2) is 25.3 Å². The third kappa shape index (κ3) is 3.17. The number of aromatic nitrogens is 1. The van der Waals surface area contributed by atoms with E-state index < -0.39 is 0 Å². The molecule has 0 amide bonds. The van der Waals surface area contributed by atoms with Crippen molar-refractivity contribution < 1.29 is 9.47 Å². The van der Waals surface area contributed by atoms with Gasteiger partial charge in [-0.1, -0.05) is 20.8 Å². The summed E-state index contributed by atoms with van der Waals surface area (Å²) in [4.78, 5) is 4.30. The molecule has 0 saturated heterocycles. The van der Waals surface area contributed by atoms with Crippen LogP contribution in [0.15, 0.2) is 18.3 Å². The highest BCUT2D eigenvalue weighted by Gasteiger charge is 2.33. The monoisotopic (exact) mass is 238 g/mol. The van der Waals surface area contributed by atoms with Crippen LogP contribution in [-0.2, 0) is 4.74 Å². The lowest BCUT2D eigenvalue weighted by Gasteiger charge is -2.34. The average Bonchev–Trinajstić information content (AvgIpc) is 2.27. The van der Waals surface area contributed by atoms with Gasteiger partial charge in [-0.2, -0.15) is 0 Å². The van der Waals surface area contributed by atoms with Gasteiger partial charge in [0.25, 0.3) is 0 Å². The zero-order valence-corrected chi connectivity index (χ0v) is 11.2. The highest BCUT2D eigenvalue weighted by atomic mass is 16.5. The average molecular weight is 238 g/mol. The first kappa shape index (κ1) is 13.9. The van der Waals surface area contributed by atoms with Crippen molar-refractivity contribution in [2.24, 2.45) is 11.1 Å². The molecule has 0 spiro atoms. The Kier molecular flexibility index (Phi) is 4.48. The summed E-state index contributed by atoms with van der Waals surface area (Å²) in [6.07, 6.45) is 1.60. The normalized spacial score (nSPS) is 15.4. The van der Waals surface area contributed by atoms with Crippen molar-refractivity contribution >= 4 is 0 Å². The molecule has 1 heterocycles. The number of nitrogens with two attached hydrogens (primary N) is 1. The lowest BCUT2D eigenvalue weighted by molar-refractivity contribution is -0.00383. The highest BCUT2D eigenvalue weighted by molar-refractivity contribution is 5.30. The van der Waals surface area contributed by atoms with Crippen LogP contribution in [0, 0.1) is 5.41 Å². The maximum absolute atomic E-state index is 6.24. The second kappa shape index (κ2) is 5.47. The second-order valence-corrected chi connectivity index (χ2v) is 5.14. The van der Waals surface area contributed by atoms with Crippen LogP contribution in [0.2, 0.25) is 0 Å². The number of hydrogen-bond donors (Lipinski definition) is 1. The predicted octanol–water partition coefficient (Wildman–Crippen LogP) is 2.15. The molecule has 2 N–H and O–H groups in total. The number of nitrogens with zero attached hydrogens (tertiary/aromatic N) is 1. The summed E-state index contributed by atoms with van der Waals surface area (Å²) >= 11 is 0. The quantitative estimate of drug-likeness (QED) is 0.873. The molecule has 0 aliphatic carbocycles. The third-order valence-electron chi connectivity index (χ3n) is 2.77.